The number of carboxylic acids is 1. The first-order valence-electron chi connectivity index (χ1n) is 7.07. The molecule has 0 bridgehead atoms. The molecule has 1 aliphatic rings. The van der Waals surface area contributed by atoms with Crippen LogP contribution in [0.4, 0.5) is 0 Å². The lowest BCUT2D eigenvalue weighted by Gasteiger charge is -2.32. The van der Waals surface area contributed by atoms with Crippen molar-refractivity contribution in [3.8, 4) is 0 Å². The van der Waals surface area contributed by atoms with Crippen LogP contribution in [0.5, 0.6) is 0 Å². The van der Waals surface area contributed by atoms with E-state index in [1.165, 1.54) is 17.6 Å². The SMILES string of the molecule is CC1=C(C=NNC(=O)CCCC(=O)O)C(C)(C)CCC1. The predicted molar refractivity (Wildman–Crippen MR) is 78.5 cm³/mol. The second-order valence-electron chi connectivity index (χ2n) is 5.97. The minimum absolute atomic E-state index is 0.00836. The summed E-state index contributed by atoms with van der Waals surface area (Å²) in [5, 5.41) is 12.5. The van der Waals surface area contributed by atoms with Gasteiger partial charge in [-0.2, -0.15) is 5.10 Å². The zero-order valence-corrected chi connectivity index (χ0v) is 12.5. The fourth-order valence-corrected chi connectivity index (χ4v) is 2.55. The van der Waals surface area contributed by atoms with Gasteiger partial charge < -0.3 is 5.11 Å². The number of nitrogens with zero attached hydrogens (tertiary/aromatic N) is 1. The summed E-state index contributed by atoms with van der Waals surface area (Å²) in [7, 11) is 0. The van der Waals surface area contributed by atoms with Gasteiger partial charge in [0, 0.05) is 12.8 Å². The molecule has 0 fully saturated rings. The molecular formula is C15H24N2O3. The highest BCUT2D eigenvalue weighted by molar-refractivity contribution is 5.84. The average molecular weight is 280 g/mol. The Labute approximate surface area is 120 Å². The van der Waals surface area contributed by atoms with Crippen LogP contribution in [0.25, 0.3) is 0 Å². The third-order valence-electron chi connectivity index (χ3n) is 3.72. The van der Waals surface area contributed by atoms with Crippen LogP contribution in [0.1, 0.15) is 59.3 Å². The minimum atomic E-state index is -0.883. The van der Waals surface area contributed by atoms with Gasteiger partial charge in [-0.1, -0.05) is 19.4 Å². The number of nitrogens with one attached hydrogen (secondary N) is 1. The molecule has 1 aliphatic carbocycles. The predicted octanol–water partition coefficient (Wildman–Crippen LogP) is 2.87. The second-order valence-corrected chi connectivity index (χ2v) is 5.97. The molecule has 0 spiro atoms. The molecule has 0 heterocycles. The van der Waals surface area contributed by atoms with Gasteiger partial charge in [-0.15, -0.1) is 0 Å². The van der Waals surface area contributed by atoms with Gasteiger partial charge in [0.2, 0.25) is 5.91 Å². The maximum Gasteiger partial charge on any atom is 0.303 e. The van der Waals surface area contributed by atoms with Crippen LogP contribution in [0, 0.1) is 5.41 Å². The van der Waals surface area contributed by atoms with Gasteiger partial charge in [-0.05, 0) is 43.6 Å². The summed E-state index contributed by atoms with van der Waals surface area (Å²) < 4.78 is 0. The topological polar surface area (TPSA) is 78.8 Å². The van der Waals surface area contributed by atoms with Gasteiger partial charge in [-0.25, -0.2) is 5.43 Å². The molecule has 0 aromatic heterocycles. The quantitative estimate of drug-likeness (QED) is 0.580. The van der Waals surface area contributed by atoms with Crippen molar-refractivity contribution in [2.24, 2.45) is 10.5 Å². The number of amides is 1. The van der Waals surface area contributed by atoms with Crippen molar-refractivity contribution in [3.05, 3.63) is 11.1 Å². The summed E-state index contributed by atoms with van der Waals surface area (Å²) in [5.41, 5.74) is 5.08. The molecule has 0 unspecified atom stereocenters. The first kappa shape index (κ1) is 16.4. The Hall–Kier alpha value is -1.65. The molecule has 0 radical (unpaired) electrons. The Bertz CT molecular complexity index is 436. The van der Waals surface area contributed by atoms with Crippen molar-refractivity contribution < 1.29 is 14.7 Å². The third-order valence-corrected chi connectivity index (χ3v) is 3.72. The average Bonchev–Trinajstić information content (AvgIpc) is 2.32. The highest BCUT2D eigenvalue weighted by Gasteiger charge is 2.27. The summed E-state index contributed by atoms with van der Waals surface area (Å²) >= 11 is 0. The van der Waals surface area contributed by atoms with Crippen molar-refractivity contribution in [1.29, 1.82) is 0 Å². The van der Waals surface area contributed by atoms with Gasteiger partial charge in [0.25, 0.3) is 0 Å². The molecule has 0 aliphatic heterocycles. The summed E-state index contributed by atoms with van der Waals surface area (Å²) in [6, 6.07) is 0. The number of carboxylic acid groups (broad SMARTS) is 1. The standard InChI is InChI=1S/C15H24N2O3/c1-11-6-5-9-15(2,3)12(11)10-16-17-13(18)7-4-8-14(19)20/h10H,4-9H2,1-3H3,(H,17,18)(H,19,20). The van der Waals surface area contributed by atoms with Crippen molar-refractivity contribution >= 4 is 18.1 Å². The lowest BCUT2D eigenvalue weighted by atomic mass is 9.73. The highest BCUT2D eigenvalue weighted by atomic mass is 16.4. The molecule has 1 amide bonds. The first-order chi connectivity index (χ1) is 9.33. The van der Waals surface area contributed by atoms with Crippen molar-refractivity contribution in [1.82, 2.24) is 5.43 Å². The van der Waals surface area contributed by atoms with Gasteiger partial charge in [0.1, 0.15) is 0 Å². The van der Waals surface area contributed by atoms with E-state index in [-0.39, 0.29) is 24.2 Å². The molecule has 0 aromatic rings. The van der Waals surface area contributed by atoms with Crippen LogP contribution >= 0.6 is 0 Å². The van der Waals surface area contributed by atoms with E-state index in [9.17, 15) is 9.59 Å². The zero-order chi connectivity index (χ0) is 15.2. The van der Waals surface area contributed by atoms with Crippen molar-refractivity contribution in [2.75, 3.05) is 0 Å². The lowest BCUT2D eigenvalue weighted by molar-refractivity contribution is -0.137. The fraction of sp³-hybridized carbons (Fsp3) is 0.667. The molecule has 0 saturated carbocycles. The van der Waals surface area contributed by atoms with Crippen LogP contribution in [-0.2, 0) is 9.59 Å². The second kappa shape index (κ2) is 7.22. The Morgan fingerprint density at radius 2 is 2.10 bits per heavy atom. The monoisotopic (exact) mass is 280 g/mol. The molecular weight excluding hydrogens is 256 g/mol. The molecule has 1 rings (SSSR count). The van der Waals surface area contributed by atoms with E-state index < -0.39 is 5.97 Å². The van der Waals surface area contributed by atoms with E-state index in [0.717, 1.165) is 12.8 Å². The summed E-state index contributed by atoms with van der Waals surface area (Å²) in [4.78, 5) is 21.8. The Morgan fingerprint density at radius 1 is 1.40 bits per heavy atom. The van der Waals surface area contributed by atoms with E-state index in [0.29, 0.717) is 6.42 Å². The Morgan fingerprint density at radius 3 is 2.70 bits per heavy atom. The number of aliphatic carboxylic acids is 1. The molecule has 0 aromatic carbocycles. The number of hydrogen-bond donors (Lipinski definition) is 2. The maximum absolute atomic E-state index is 11.5. The number of carbonyl (C=O) groups is 2. The number of allylic oxidation sites excluding steroid dienone is 2. The zero-order valence-electron chi connectivity index (χ0n) is 12.5. The van der Waals surface area contributed by atoms with E-state index in [2.05, 4.69) is 31.3 Å². The van der Waals surface area contributed by atoms with Crippen molar-refractivity contribution in [2.45, 2.75) is 59.3 Å². The number of rotatable bonds is 6. The molecule has 5 heteroatoms. The van der Waals surface area contributed by atoms with E-state index in [1.807, 2.05) is 0 Å². The number of hydrogen-bond acceptors (Lipinski definition) is 3. The normalized spacial score (nSPS) is 18.4. The van der Waals surface area contributed by atoms with Crippen LogP contribution < -0.4 is 5.43 Å². The van der Waals surface area contributed by atoms with Crippen LogP contribution in [0.2, 0.25) is 0 Å². The molecule has 5 nitrogen and oxygen atoms in total. The molecule has 2 N–H and O–H groups in total. The molecule has 112 valence electrons. The van der Waals surface area contributed by atoms with Crippen molar-refractivity contribution in [3.63, 3.8) is 0 Å². The van der Waals surface area contributed by atoms with Gasteiger partial charge in [-0.3, -0.25) is 9.59 Å². The van der Waals surface area contributed by atoms with E-state index in [1.54, 1.807) is 6.21 Å². The lowest BCUT2D eigenvalue weighted by Crippen LogP contribution is -2.23. The molecule has 20 heavy (non-hydrogen) atoms. The van der Waals surface area contributed by atoms with Gasteiger partial charge in [0.15, 0.2) is 0 Å². The van der Waals surface area contributed by atoms with Gasteiger partial charge >= 0.3 is 5.97 Å². The summed E-state index contributed by atoms with van der Waals surface area (Å²) in [5.74, 6) is -1.12. The fourth-order valence-electron chi connectivity index (χ4n) is 2.55. The van der Waals surface area contributed by atoms with Gasteiger partial charge in [0.05, 0.1) is 6.21 Å². The molecule has 0 saturated heterocycles. The number of hydrazone groups is 1. The highest BCUT2D eigenvalue weighted by Crippen LogP contribution is 2.38. The Kier molecular flexibility index (Phi) is 5.92. The summed E-state index contributed by atoms with van der Waals surface area (Å²) in [6.45, 7) is 6.48. The third kappa shape index (κ3) is 5.15. The van der Waals surface area contributed by atoms with E-state index >= 15 is 0 Å². The van der Waals surface area contributed by atoms with Crippen LogP contribution in [0.15, 0.2) is 16.2 Å². The molecule has 0 atom stereocenters. The smallest absolute Gasteiger partial charge is 0.303 e. The maximum atomic E-state index is 11.5. The van der Waals surface area contributed by atoms with Crippen LogP contribution in [0.3, 0.4) is 0 Å². The van der Waals surface area contributed by atoms with Crippen LogP contribution in [-0.4, -0.2) is 23.2 Å². The van der Waals surface area contributed by atoms with E-state index in [4.69, 9.17) is 5.11 Å². The minimum Gasteiger partial charge on any atom is -0.481 e. The largest absolute Gasteiger partial charge is 0.481 e. The first-order valence-corrected chi connectivity index (χ1v) is 7.07. The Balaban J connectivity index is 2.47. The summed E-state index contributed by atoms with van der Waals surface area (Å²) in [6.07, 6.45) is 5.67. The number of carbonyl (C=O) groups excluding carboxylic acids is 1.